The minimum absolute atomic E-state index is 0.781. The van der Waals surface area contributed by atoms with Gasteiger partial charge in [-0.15, -0.1) is 0 Å². The number of likely N-dealkylation sites (tertiary alicyclic amines) is 1. The molecule has 19 heavy (non-hydrogen) atoms. The number of hydrogen-bond donors (Lipinski definition) is 1. The molecule has 1 saturated heterocycles. The van der Waals surface area contributed by atoms with Crippen LogP contribution in [0.4, 0.5) is 0 Å². The predicted molar refractivity (Wildman–Crippen MR) is 83.4 cm³/mol. The molecule has 0 aromatic rings. The van der Waals surface area contributed by atoms with Crippen LogP contribution < -0.4 is 5.32 Å². The first-order valence-electron chi connectivity index (χ1n) is 8.59. The first-order valence-corrected chi connectivity index (χ1v) is 8.59. The molecular formula is C17H34N2. The predicted octanol–water partition coefficient (Wildman–Crippen LogP) is 3.52. The molecule has 0 radical (unpaired) electrons. The Morgan fingerprint density at radius 1 is 1.16 bits per heavy atom. The van der Waals surface area contributed by atoms with E-state index >= 15 is 0 Å². The van der Waals surface area contributed by atoms with Gasteiger partial charge in [0.2, 0.25) is 0 Å². The summed E-state index contributed by atoms with van der Waals surface area (Å²) in [7, 11) is 0. The van der Waals surface area contributed by atoms with Crippen LogP contribution in [0.25, 0.3) is 0 Å². The van der Waals surface area contributed by atoms with Gasteiger partial charge in [0.25, 0.3) is 0 Å². The highest BCUT2D eigenvalue weighted by Crippen LogP contribution is 2.32. The second-order valence-electron chi connectivity index (χ2n) is 7.26. The van der Waals surface area contributed by atoms with Gasteiger partial charge in [-0.25, -0.2) is 0 Å². The summed E-state index contributed by atoms with van der Waals surface area (Å²) in [5.74, 6) is 2.65. The topological polar surface area (TPSA) is 15.3 Å². The van der Waals surface area contributed by atoms with Crippen molar-refractivity contribution in [3.8, 4) is 0 Å². The lowest BCUT2D eigenvalue weighted by Crippen LogP contribution is -2.49. The van der Waals surface area contributed by atoms with Crippen LogP contribution >= 0.6 is 0 Å². The highest BCUT2D eigenvalue weighted by Gasteiger charge is 2.33. The zero-order valence-corrected chi connectivity index (χ0v) is 13.5. The summed E-state index contributed by atoms with van der Waals surface area (Å²) in [5.41, 5.74) is 0. The van der Waals surface area contributed by atoms with Gasteiger partial charge in [-0.3, -0.25) is 4.90 Å². The summed E-state index contributed by atoms with van der Waals surface area (Å²) in [5, 5.41) is 3.78. The van der Waals surface area contributed by atoms with Gasteiger partial charge in [0, 0.05) is 25.2 Å². The maximum Gasteiger partial charge on any atom is 0.0107 e. The van der Waals surface area contributed by atoms with Crippen molar-refractivity contribution in [1.82, 2.24) is 10.2 Å². The Kier molecular flexibility index (Phi) is 5.70. The Morgan fingerprint density at radius 3 is 2.68 bits per heavy atom. The summed E-state index contributed by atoms with van der Waals surface area (Å²) in [4.78, 5) is 2.79. The molecule has 1 N–H and O–H groups in total. The smallest absolute Gasteiger partial charge is 0.0107 e. The van der Waals surface area contributed by atoms with Crippen molar-refractivity contribution in [2.45, 2.75) is 71.9 Å². The summed E-state index contributed by atoms with van der Waals surface area (Å²) >= 11 is 0. The van der Waals surface area contributed by atoms with Crippen LogP contribution in [0.2, 0.25) is 0 Å². The van der Waals surface area contributed by atoms with E-state index in [1.165, 1.54) is 51.7 Å². The van der Waals surface area contributed by atoms with E-state index in [9.17, 15) is 0 Å². The SMILES string of the molecule is CCCNC1CCCC1CN1CC(C)CC(C)C1C. The van der Waals surface area contributed by atoms with Crippen molar-refractivity contribution in [2.75, 3.05) is 19.6 Å². The highest BCUT2D eigenvalue weighted by molar-refractivity contribution is 4.89. The minimum Gasteiger partial charge on any atom is -0.314 e. The molecule has 5 atom stereocenters. The highest BCUT2D eigenvalue weighted by atomic mass is 15.2. The second kappa shape index (κ2) is 7.08. The van der Waals surface area contributed by atoms with E-state index in [2.05, 4.69) is 37.9 Å². The molecule has 1 saturated carbocycles. The van der Waals surface area contributed by atoms with E-state index in [1.54, 1.807) is 0 Å². The zero-order chi connectivity index (χ0) is 13.8. The van der Waals surface area contributed by atoms with Gasteiger partial charge in [-0.1, -0.05) is 27.2 Å². The molecule has 0 spiro atoms. The first kappa shape index (κ1) is 15.3. The van der Waals surface area contributed by atoms with Crippen molar-refractivity contribution in [2.24, 2.45) is 17.8 Å². The molecule has 0 amide bonds. The quantitative estimate of drug-likeness (QED) is 0.819. The Bertz CT molecular complexity index is 266. The fourth-order valence-electron chi connectivity index (χ4n) is 4.23. The molecule has 2 nitrogen and oxygen atoms in total. The van der Waals surface area contributed by atoms with Crippen molar-refractivity contribution in [3.63, 3.8) is 0 Å². The molecular weight excluding hydrogens is 232 g/mol. The van der Waals surface area contributed by atoms with Crippen LogP contribution in [-0.2, 0) is 0 Å². The van der Waals surface area contributed by atoms with Crippen molar-refractivity contribution < 1.29 is 0 Å². The normalized spacial score (nSPS) is 40.7. The standard InChI is InChI=1S/C17H34N2/c1-5-9-18-17-8-6-7-16(17)12-19-11-13(2)10-14(3)15(19)4/h13-18H,5-12H2,1-4H3. The molecule has 1 aliphatic heterocycles. The molecule has 2 rings (SSSR count). The lowest BCUT2D eigenvalue weighted by Gasteiger charge is -2.43. The van der Waals surface area contributed by atoms with Gasteiger partial charge in [-0.05, 0) is 56.9 Å². The lowest BCUT2D eigenvalue weighted by atomic mass is 9.85. The maximum atomic E-state index is 3.78. The number of rotatable bonds is 5. The molecule has 2 heteroatoms. The zero-order valence-electron chi connectivity index (χ0n) is 13.5. The summed E-state index contributed by atoms with van der Waals surface area (Å²) in [6, 6.07) is 1.57. The fraction of sp³-hybridized carbons (Fsp3) is 1.00. The van der Waals surface area contributed by atoms with Gasteiger partial charge in [0.05, 0.1) is 0 Å². The molecule has 0 aromatic carbocycles. The van der Waals surface area contributed by atoms with Crippen molar-refractivity contribution in [3.05, 3.63) is 0 Å². The molecule has 0 bridgehead atoms. The number of nitrogens with one attached hydrogen (secondary N) is 1. The van der Waals surface area contributed by atoms with Crippen LogP contribution in [0.5, 0.6) is 0 Å². The molecule has 0 aromatic heterocycles. The maximum absolute atomic E-state index is 3.78. The third kappa shape index (κ3) is 3.95. The lowest BCUT2D eigenvalue weighted by molar-refractivity contribution is 0.0614. The van der Waals surface area contributed by atoms with Crippen LogP contribution in [-0.4, -0.2) is 36.6 Å². The van der Waals surface area contributed by atoms with Crippen LogP contribution in [0.1, 0.15) is 59.8 Å². The van der Waals surface area contributed by atoms with Gasteiger partial charge in [0.1, 0.15) is 0 Å². The average molecular weight is 266 g/mol. The largest absolute Gasteiger partial charge is 0.314 e. The second-order valence-corrected chi connectivity index (χ2v) is 7.26. The van der Waals surface area contributed by atoms with E-state index < -0.39 is 0 Å². The van der Waals surface area contributed by atoms with Gasteiger partial charge in [-0.2, -0.15) is 0 Å². The van der Waals surface area contributed by atoms with Crippen LogP contribution in [0.15, 0.2) is 0 Å². The third-order valence-corrected chi connectivity index (χ3v) is 5.50. The number of nitrogens with zero attached hydrogens (tertiary/aromatic N) is 1. The summed E-state index contributed by atoms with van der Waals surface area (Å²) in [6.07, 6.45) is 6.95. The van der Waals surface area contributed by atoms with Crippen LogP contribution in [0, 0.1) is 17.8 Å². The number of piperidine rings is 1. The summed E-state index contributed by atoms with van der Waals surface area (Å²) < 4.78 is 0. The summed E-state index contributed by atoms with van der Waals surface area (Å²) in [6.45, 7) is 13.4. The van der Waals surface area contributed by atoms with Gasteiger partial charge >= 0.3 is 0 Å². The monoisotopic (exact) mass is 266 g/mol. The minimum atomic E-state index is 0.781. The molecule has 2 aliphatic rings. The molecule has 1 heterocycles. The molecule has 112 valence electrons. The molecule has 1 aliphatic carbocycles. The Morgan fingerprint density at radius 2 is 1.95 bits per heavy atom. The van der Waals surface area contributed by atoms with E-state index in [0.29, 0.717) is 0 Å². The first-order chi connectivity index (χ1) is 9.11. The third-order valence-electron chi connectivity index (χ3n) is 5.50. The Balaban J connectivity index is 1.88. The molecule has 5 unspecified atom stereocenters. The fourth-order valence-corrected chi connectivity index (χ4v) is 4.23. The van der Waals surface area contributed by atoms with Crippen molar-refractivity contribution >= 4 is 0 Å². The Hall–Kier alpha value is -0.0800. The van der Waals surface area contributed by atoms with E-state index in [1.807, 2.05) is 0 Å². The van der Waals surface area contributed by atoms with Crippen LogP contribution in [0.3, 0.4) is 0 Å². The van der Waals surface area contributed by atoms with E-state index in [-0.39, 0.29) is 0 Å². The van der Waals surface area contributed by atoms with E-state index in [4.69, 9.17) is 0 Å². The van der Waals surface area contributed by atoms with Gasteiger partial charge < -0.3 is 5.32 Å². The number of hydrogen-bond acceptors (Lipinski definition) is 2. The van der Waals surface area contributed by atoms with E-state index in [0.717, 1.165) is 29.8 Å². The molecule has 2 fully saturated rings. The van der Waals surface area contributed by atoms with Gasteiger partial charge in [0.15, 0.2) is 0 Å². The van der Waals surface area contributed by atoms with Crippen molar-refractivity contribution in [1.29, 1.82) is 0 Å². The Labute approximate surface area is 120 Å². The average Bonchev–Trinajstić information content (AvgIpc) is 2.80.